The highest BCUT2D eigenvalue weighted by Gasteiger charge is 2.83. The monoisotopic (exact) mass is 683 g/mol. The summed E-state index contributed by atoms with van der Waals surface area (Å²) in [5, 5.41) is 14.2. The third kappa shape index (κ3) is 5.45. The largest absolute Gasteiger partial charge is 0.459 e. The molecule has 6 atom stereocenters. The third-order valence-corrected chi connectivity index (χ3v) is 20.8. The van der Waals surface area contributed by atoms with Crippen molar-refractivity contribution in [3.05, 3.63) is 71.8 Å². The molecule has 3 saturated heterocycles. The number of rotatable bonds is 10. The number of β-lactam (4-membered cyclic amide) rings is 1. The molecule has 3 aliphatic heterocycles. The smallest absolute Gasteiger partial charge is 0.338 e. The Hall–Kier alpha value is -2.43. The van der Waals surface area contributed by atoms with E-state index in [0.717, 1.165) is 5.56 Å². The number of epoxide rings is 1. The Morgan fingerprint density at radius 3 is 1.89 bits per heavy atom. The first-order chi connectivity index (χ1) is 22.2. The number of benzene rings is 2. The Balaban J connectivity index is 1.46. The first-order valence-corrected chi connectivity index (χ1v) is 20.8. The maximum absolute atomic E-state index is 13.5. The molecule has 1 amide bonds. The van der Waals surface area contributed by atoms with E-state index >= 15 is 0 Å². The minimum absolute atomic E-state index is 0.00686. The fourth-order valence-electron chi connectivity index (χ4n) is 7.96. The van der Waals surface area contributed by atoms with Crippen LogP contribution in [0.3, 0.4) is 0 Å². The number of nitrogens with zero attached hydrogens (tertiary/aromatic N) is 1. The molecule has 12 heteroatoms. The predicted molar refractivity (Wildman–Crippen MR) is 178 cm³/mol. The van der Waals surface area contributed by atoms with Gasteiger partial charge >= 0.3 is 23.1 Å². The van der Waals surface area contributed by atoms with E-state index in [4.69, 9.17) is 27.3 Å². The van der Waals surface area contributed by atoms with Gasteiger partial charge in [0.15, 0.2) is 5.60 Å². The number of carbonyl (C=O) groups is 2. The van der Waals surface area contributed by atoms with E-state index in [1.807, 2.05) is 36.4 Å². The van der Waals surface area contributed by atoms with Gasteiger partial charge in [0, 0.05) is 0 Å². The lowest BCUT2D eigenvalue weighted by Crippen LogP contribution is -2.81. The van der Waals surface area contributed by atoms with Crippen molar-refractivity contribution in [1.29, 1.82) is 0 Å². The SMILES string of the molecule is CC(C)[Si]1(C(C)C)O[C@@H]2[C@H](O[Si](C(C)C)(C(C)C)O1)[C@](O)(COC(=O)c1ccccc1)[C@H]1O[C@H]1[C@]21CC(=O)N1OCc1ccccc1. The van der Waals surface area contributed by atoms with Crippen LogP contribution in [0.5, 0.6) is 0 Å². The van der Waals surface area contributed by atoms with Crippen LogP contribution in [0.4, 0.5) is 0 Å². The molecule has 3 heterocycles. The lowest BCUT2D eigenvalue weighted by Gasteiger charge is -2.59. The molecular formula is C35H49NO9Si2. The van der Waals surface area contributed by atoms with Gasteiger partial charge in [0.1, 0.15) is 43.2 Å². The first-order valence-electron chi connectivity index (χ1n) is 16.9. The summed E-state index contributed by atoms with van der Waals surface area (Å²) in [6, 6.07) is 18.3. The van der Waals surface area contributed by atoms with Crippen molar-refractivity contribution in [2.75, 3.05) is 6.61 Å². The Labute approximate surface area is 280 Å². The fraction of sp³-hybridized carbons (Fsp3) is 0.600. The first kappa shape index (κ1) is 34.4. The van der Waals surface area contributed by atoms with Gasteiger partial charge in [-0.15, -0.1) is 0 Å². The van der Waals surface area contributed by atoms with Gasteiger partial charge in [0.05, 0.1) is 12.0 Å². The van der Waals surface area contributed by atoms with Gasteiger partial charge < -0.3 is 27.5 Å². The van der Waals surface area contributed by atoms with Gasteiger partial charge in [-0.3, -0.25) is 9.63 Å². The molecule has 1 saturated carbocycles. The maximum atomic E-state index is 13.5. The van der Waals surface area contributed by atoms with Crippen molar-refractivity contribution in [3.63, 3.8) is 0 Å². The zero-order chi connectivity index (χ0) is 33.9. The number of amides is 1. The summed E-state index contributed by atoms with van der Waals surface area (Å²) in [4.78, 5) is 33.0. The van der Waals surface area contributed by atoms with Crippen LogP contribution in [0.15, 0.2) is 60.7 Å². The van der Waals surface area contributed by atoms with Crippen LogP contribution < -0.4 is 0 Å². The standard InChI is InChI=1S/C35H49NO9Si2/c1-22(2)46(23(3)4)43-30-32(44-47(45-46,24(5)6)25(7)8)35(39,21-40-33(38)27-17-13-10-14-18-27)31-29(42-31)34(30)19-28(37)36(34)41-20-26-15-11-9-12-16-26/h9-18,22-25,29-32,39H,19-21H2,1-8H3/t29-,30-,31+,32+,34-,35+/m1/s1. The molecule has 6 rings (SSSR count). The second-order valence-corrected chi connectivity index (χ2v) is 23.6. The summed E-state index contributed by atoms with van der Waals surface area (Å²) in [6.07, 6.45) is -3.21. The van der Waals surface area contributed by atoms with E-state index in [2.05, 4.69) is 55.4 Å². The van der Waals surface area contributed by atoms with E-state index in [-0.39, 0.29) is 47.7 Å². The van der Waals surface area contributed by atoms with E-state index < -0.39 is 58.6 Å². The average molecular weight is 684 g/mol. The molecule has 0 unspecified atom stereocenters. The van der Waals surface area contributed by atoms with E-state index in [9.17, 15) is 14.7 Å². The number of aliphatic hydroxyl groups is 1. The maximum Gasteiger partial charge on any atom is 0.338 e. The molecule has 0 radical (unpaired) electrons. The van der Waals surface area contributed by atoms with Crippen LogP contribution in [0.2, 0.25) is 22.2 Å². The predicted octanol–water partition coefficient (Wildman–Crippen LogP) is 5.78. The van der Waals surface area contributed by atoms with Gasteiger partial charge in [-0.05, 0) is 39.9 Å². The van der Waals surface area contributed by atoms with Crippen LogP contribution >= 0.6 is 0 Å². The Bertz CT molecular complexity index is 1440. The highest BCUT2D eigenvalue weighted by molar-refractivity contribution is 6.84. The molecule has 1 aliphatic carbocycles. The summed E-state index contributed by atoms with van der Waals surface area (Å²) < 4.78 is 34.4. The Kier molecular flexibility index (Phi) is 9.14. The molecule has 1 spiro atoms. The van der Waals surface area contributed by atoms with Crippen molar-refractivity contribution < 1.29 is 42.0 Å². The van der Waals surface area contributed by atoms with E-state index in [1.165, 1.54) is 5.06 Å². The van der Waals surface area contributed by atoms with E-state index in [0.29, 0.717) is 5.56 Å². The van der Waals surface area contributed by atoms with Crippen LogP contribution in [-0.4, -0.2) is 81.3 Å². The van der Waals surface area contributed by atoms with Gasteiger partial charge in [-0.25, -0.2) is 9.86 Å². The Morgan fingerprint density at radius 1 is 0.830 bits per heavy atom. The van der Waals surface area contributed by atoms with Gasteiger partial charge in [0.2, 0.25) is 5.91 Å². The van der Waals surface area contributed by atoms with Crippen molar-refractivity contribution in [3.8, 4) is 0 Å². The normalized spacial score (nSPS) is 32.3. The fourth-order valence-corrected chi connectivity index (χ4v) is 19.3. The molecule has 256 valence electrons. The summed E-state index contributed by atoms with van der Waals surface area (Å²) in [6.45, 7) is 16.7. The van der Waals surface area contributed by atoms with Gasteiger partial charge in [0.25, 0.3) is 0 Å². The van der Waals surface area contributed by atoms with Gasteiger partial charge in [-0.2, -0.15) is 0 Å². The number of carbonyl (C=O) groups excluding carboxylic acids is 2. The van der Waals surface area contributed by atoms with Crippen molar-refractivity contribution in [2.45, 2.75) is 126 Å². The van der Waals surface area contributed by atoms with Crippen molar-refractivity contribution >= 4 is 29.0 Å². The lowest BCUT2D eigenvalue weighted by atomic mass is 9.65. The minimum atomic E-state index is -3.20. The third-order valence-electron chi connectivity index (χ3n) is 10.6. The van der Waals surface area contributed by atoms with Crippen LogP contribution in [-0.2, 0) is 38.7 Å². The highest BCUT2D eigenvalue weighted by Crippen LogP contribution is 2.62. The number of fused-ring (bicyclic) bond motifs is 4. The summed E-state index contributed by atoms with van der Waals surface area (Å²) in [5.41, 5.74) is -1.55. The molecule has 4 fully saturated rings. The van der Waals surface area contributed by atoms with Crippen LogP contribution in [0.25, 0.3) is 0 Å². The van der Waals surface area contributed by atoms with Crippen molar-refractivity contribution in [2.24, 2.45) is 0 Å². The molecule has 1 N–H and O–H groups in total. The van der Waals surface area contributed by atoms with Crippen LogP contribution in [0, 0.1) is 0 Å². The number of esters is 1. The number of ether oxygens (including phenoxy) is 2. The Morgan fingerprint density at radius 2 is 1.36 bits per heavy atom. The summed E-state index contributed by atoms with van der Waals surface area (Å²) >= 11 is 0. The highest BCUT2D eigenvalue weighted by atomic mass is 28.5. The molecule has 4 aliphatic rings. The lowest BCUT2D eigenvalue weighted by molar-refractivity contribution is -0.302. The second-order valence-electron chi connectivity index (χ2n) is 14.8. The second kappa shape index (κ2) is 12.5. The molecule has 47 heavy (non-hydrogen) atoms. The number of hydrogen-bond acceptors (Lipinski definition) is 9. The van der Waals surface area contributed by atoms with Crippen molar-refractivity contribution in [1.82, 2.24) is 5.06 Å². The van der Waals surface area contributed by atoms with Crippen LogP contribution in [0.1, 0.15) is 77.7 Å². The molecule has 2 aromatic carbocycles. The molecule has 10 nitrogen and oxygen atoms in total. The quantitative estimate of drug-likeness (QED) is 0.144. The average Bonchev–Trinajstić information content (AvgIpc) is 3.86. The number of hydroxylamine groups is 2. The zero-order valence-corrected chi connectivity index (χ0v) is 30.7. The minimum Gasteiger partial charge on any atom is -0.459 e. The number of hydrogen-bond donors (Lipinski definition) is 1. The summed E-state index contributed by atoms with van der Waals surface area (Å²) in [5.74, 6) is -0.754. The molecule has 0 aromatic heterocycles. The van der Waals surface area contributed by atoms with E-state index in [1.54, 1.807) is 24.3 Å². The molecule has 2 aromatic rings. The zero-order valence-electron chi connectivity index (χ0n) is 28.7. The topological polar surface area (TPSA) is 116 Å². The molecular weight excluding hydrogens is 635 g/mol. The molecule has 0 bridgehead atoms. The summed E-state index contributed by atoms with van der Waals surface area (Å²) in [7, 11) is -6.37. The van der Waals surface area contributed by atoms with Gasteiger partial charge in [-0.1, -0.05) is 104 Å².